The van der Waals surface area contributed by atoms with E-state index in [1.165, 1.54) is 26.0 Å². The fourth-order valence-electron chi connectivity index (χ4n) is 1.86. The average Bonchev–Trinajstić information content (AvgIpc) is 2.45. The van der Waals surface area contributed by atoms with Crippen molar-refractivity contribution in [2.24, 2.45) is 0 Å². The molecule has 24 heavy (non-hydrogen) atoms. The molecule has 134 valence electrons. The highest BCUT2D eigenvalue weighted by molar-refractivity contribution is 5.89. The van der Waals surface area contributed by atoms with Crippen molar-refractivity contribution < 1.29 is 32.2 Å². The third kappa shape index (κ3) is 4.30. The van der Waals surface area contributed by atoms with E-state index in [-0.39, 0.29) is 5.69 Å². The van der Waals surface area contributed by atoms with Gasteiger partial charge >= 0.3 is 23.9 Å². The van der Waals surface area contributed by atoms with Crippen molar-refractivity contribution in [3.05, 3.63) is 29.8 Å². The van der Waals surface area contributed by atoms with Gasteiger partial charge in [-0.15, -0.1) is 0 Å². The summed E-state index contributed by atoms with van der Waals surface area (Å²) < 4.78 is 50.0. The molecule has 1 aromatic rings. The number of carbonyl (C=O) groups is 2. The molecule has 0 aliphatic carbocycles. The Morgan fingerprint density at radius 2 is 1.75 bits per heavy atom. The molecule has 0 unspecified atom stereocenters. The van der Waals surface area contributed by atoms with E-state index in [9.17, 15) is 22.8 Å². The maximum absolute atomic E-state index is 13.7. The number of halogens is 3. The van der Waals surface area contributed by atoms with Crippen molar-refractivity contribution in [1.82, 2.24) is 5.32 Å². The number of anilines is 1. The van der Waals surface area contributed by atoms with E-state index >= 15 is 0 Å². The molecule has 0 radical (unpaired) electrons. The van der Waals surface area contributed by atoms with Gasteiger partial charge in [0.25, 0.3) is 0 Å². The lowest BCUT2D eigenvalue weighted by molar-refractivity contribution is -0.204. The number of benzene rings is 1. The van der Waals surface area contributed by atoms with Crippen LogP contribution in [-0.2, 0) is 14.3 Å². The smallest absolute Gasteiger partial charge is 0.442 e. The molecule has 0 saturated carbocycles. The second-order valence-corrected chi connectivity index (χ2v) is 5.26. The van der Waals surface area contributed by atoms with E-state index in [0.29, 0.717) is 5.56 Å². The Morgan fingerprint density at radius 1 is 1.17 bits per heavy atom. The quantitative estimate of drug-likeness (QED) is 0.632. The minimum atomic E-state index is -5.20. The highest BCUT2D eigenvalue weighted by Gasteiger charge is 2.64. The van der Waals surface area contributed by atoms with E-state index in [1.807, 2.05) is 5.32 Å². The van der Waals surface area contributed by atoms with Crippen molar-refractivity contribution in [3.8, 4) is 0 Å². The van der Waals surface area contributed by atoms with E-state index < -0.39 is 30.0 Å². The number of rotatable bonds is 5. The fourth-order valence-corrected chi connectivity index (χ4v) is 1.86. The number of methoxy groups -OCH3 is 1. The van der Waals surface area contributed by atoms with Gasteiger partial charge in [-0.2, -0.15) is 13.2 Å². The van der Waals surface area contributed by atoms with Crippen LogP contribution in [0.4, 0.5) is 23.7 Å². The summed E-state index contributed by atoms with van der Waals surface area (Å²) in [4.78, 5) is 23.7. The van der Waals surface area contributed by atoms with Crippen LogP contribution in [-0.4, -0.2) is 37.1 Å². The Hall–Kier alpha value is -2.45. The maximum atomic E-state index is 13.7. The molecule has 1 amide bonds. The lowest BCUT2D eigenvalue weighted by atomic mass is 10.1. The Balaban J connectivity index is 3.34. The molecule has 0 saturated heterocycles. The van der Waals surface area contributed by atoms with Gasteiger partial charge in [0.1, 0.15) is 0 Å². The van der Waals surface area contributed by atoms with E-state index in [2.05, 4.69) is 9.47 Å². The molecule has 0 aliphatic heterocycles. The van der Waals surface area contributed by atoms with E-state index in [1.54, 1.807) is 24.4 Å². The average molecular weight is 348 g/mol. The number of alkyl carbamates (subject to hydrolysis) is 1. The van der Waals surface area contributed by atoms with Gasteiger partial charge in [-0.05, 0) is 32.4 Å². The van der Waals surface area contributed by atoms with Crippen LogP contribution in [0.1, 0.15) is 19.4 Å². The molecule has 6 nitrogen and oxygen atoms in total. The first-order valence-electron chi connectivity index (χ1n) is 7.01. The predicted octanol–water partition coefficient (Wildman–Crippen LogP) is 2.97. The summed E-state index contributed by atoms with van der Waals surface area (Å²) in [7, 11) is 0.789. The molecule has 0 aromatic heterocycles. The monoisotopic (exact) mass is 348 g/mol. The van der Waals surface area contributed by atoms with Crippen LogP contribution in [0.2, 0.25) is 0 Å². The maximum Gasteiger partial charge on any atom is 0.442 e. The van der Waals surface area contributed by atoms with Crippen molar-refractivity contribution in [2.45, 2.75) is 38.7 Å². The lowest BCUT2D eigenvalue weighted by Crippen LogP contribution is -2.69. The molecule has 0 heterocycles. The zero-order valence-electron chi connectivity index (χ0n) is 13.7. The van der Waals surface area contributed by atoms with Crippen LogP contribution in [0.15, 0.2) is 24.3 Å². The molecule has 0 fully saturated rings. The van der Waals surface area contributed by atoms with Gasteiger partial charge in [-0.3, -0.25) is 5.32 Å². The van der Waals surface area contributed by atoms with Crippen LogP contribution in [0.25, 0.3) is 0 Å². The number of para-hydroxylation sites is 1. The van der Waals surface area contributed by atoms with Crippen LogP contribution in [0.5, 0.6) is 0 Å². The number of alkyl halides is 3. The fraction of sp³-hybridized carbons (Fsp3) is 0.467. The van der Waals surface area contributed by atoms with Gasteiger partial charge in [-0.1, -0.05) is 18.2 Å². The van der Waals surface area contributed by atoms with Crippen molar-refractivity contribution in [3.63, 3.8) is 0 Å². The third-order valence-corrected chi connectivity index (χ3v) is 3.02. The Kier molecular flexibility index (Phi) is 6.05. The van der Waals surface area contributed by atoms with Gasteiger partial charge in [0.2, 0.25) is 0 Å². The minimum Gasteiger partial charge on any atom is -0.466 e. The van der Waals surface area contributed by atoms with Gasteiger partial charge in [0.05, 0.1) is 13.2 Å². The Bertz CT molecular complexity index is 605. The zero-order chi connectivity index (χ0) is 18.5. The second-order valence-electron chi connectivity index (χ2n) is 5.26. The normalized spacial score (nSPS) is 13.8. The molecule has 1 atom stereocenters. The summed E-state index contributed by atoms with van der Waals surface area (Å²) in [6, 6.07) is 6.00. The standard InChI is InChI=1S/C15H19F3N2O4/c1-9(2)24-13(22)20-14(12(21)23-4,15(16,17)18)19-11-8-6-5-7-10(11)3/h5-9,19H,1-4H3,(H,20,22)/t14-/m0/s1. The molecule has 9 heteroatoms. The van der Waals surface area contributed by atoms with Crippen LogP contribution >= 0.6 is 0 Å². The predicted molar refractivity (Wildman–Crippen MR) is 80.4 cm³/mol. The minimum absolute atomic E-state index is 0.00470. The van der Waals surface area contributed by atoms with E-state index in [0.717, 1.165) is 7.11 Å². The SMILES string of the molecule is COC(=O)[C@@](NC(=O)OC(C)C)(Nc1ccccc1C)C(F)(F)F. The first kappa shape index (κ1) is 19.6. The Labute approximate surface area is 137 Å². The molecule has 1 rings (SSSR count). The summed E-state index contributed by atoms with van der Waals surface area (Å²) in [5, 5.41) is 3.60. The molecular weight excluding hydrogens is 329 g/mol. The number of esters is 1. The molecule has 2 N–H and O–H groups in total. The number of ether oxygens (including phenoxy) is 2. The summed E-state index contributed by atoms with van der Waals surface area (Å²) >= 11 is 0. The van der Waals surface area contributed by atoms with Crippen molar-refractivity contribution >= 4 is 17.7 Å². The second kappa shape index (κ2) is 7.41. The van der Waals surface area contributed by atoms with Crippen LogP contribution in [0.3, 0.4) is 0 Å². The van der Waals surface area contributed by atoms with Crippen LogP contribution < -0.4 is 10.6 Å². The molecular formula is C15H19F3N2O4. The van der Waals surface area contributed by atoms with E-state index in [4.69, 9.17) is 0 Å². The van der Waals surface area contributed by atoms with Gasteiger partial charge in [0, 0.05) is 5.69 Å². The molecule has 0 spiro atoms. The van der Waals surface area contributed by atoms with Crippen molar-refractivity contribution in [2.75, 3.05) is 12.4 Å². The zero-order valence-corrected chi connectivity index (χ0v) is 13.7. The topological polar surface area (TPSA) is 76.7 Å². The van der Waals surface area contributed by atoms with Crippen molar-refractivity contribution in [1.29, 1.82) is 0 Å². The third-order valence-electron chi connectivity index (χ3n) is 3.02. The van der Waals surface area contributed by atoms with Gasteiger partial charge < -0.3 is 14.8 Å². The highest BCUT2D eigenvalue weighted by Crippen LogP contribution is 2.34. The lowest BCUT2D eigenvalue weighted by Gasteiger charge is -2.35. The molecule has 1 aromatic carbocycles. The number of hydrogen-bond donors (Lipinski definition) is 2. The summed E-state index contributed by atoms with van der Waals surface area (Å²) in [6.07, 6.45) is -7.28. The van der Waals surface area contributed by atoms with Gasteiger partial charge in [0.15, 0.2) is 0 Å². The first-order valence-corrected chi connectivity index (χ1v) is 7.01. The Morgan fingerprint density at radius 3 is 2.21 bits per heavy atom. The summed E-state index contributed by atoms with van der Waals surface area (Å²) in [5.74, 6) is -1.72. The highest BCUT2D eigenvalue weighted by atomic mass is 19.4. The summed E-state index contributed by atoms with van der Waals surface area (Å²) in [6.45, 7) is 4.47. The first-order chi connectivity index (χ1) is 11.0. The number of nitrogens with one attached hydrogen (secondary N) is 2. The molecule has 0 aliphatic rings. The number of hydrogen-bond acceptors (Lipinski definition) is 5. The molecule has 0 bridgehead atoms. The largest absolute Gasteiger partial charge is 0.466 e. The summed E-state index contributed by atoms with van der Waals surface area (Å²) in [5.41, 5.74) is -3.04. The number of carbonyl (C=O) groups excluding carboxylic acids is 2. The van der Waals surface area contributed by atoms with Gasteiger partial charge in [-0.25, -0.2) is 9.59 Å². The number of amides is 1. The number of aryl methyl sites for hydroxylation is 1. The van der Waals surface area contributed by atoms with Crippen LogP contribution in [0, 0.1) is 6.92 Å².